The molecular weight excluding hydrogens is 881 g/mol. The van der Waals surface area contributed by atoms with Crippen molar-refractivity contribution < 1.29 is 94.2 Å². The predicted molar refractivity (Wildman–Crippen MR) is 231 cm³/mol. The van der Waals surface area contributed by atoms with E-state index >= 15 is 0 Å². The summed E-state index contributed by atoms with van der Waals surface area (Å²) in [6.45, 7) is 15.2. The second kappa shape index (κ2) is 17.8. The fraction of sp³-hybridized carbons (Fsp3) is 0.917. The van der Waals surface area contributed by atoms with Gasteiger partial charge in [0.2, 0.25) is 0 Å². The molecule has 4 saturated carbocycles. The highest BCUT2D eigenvalue weighted by atomic mass is 16.8. The summed E-state index contributed by atoms with van der Waals surface area (Å²) in [5.41, 5.74) is -2.35. The number of carboxylic acids is 1. The molecule has 0 spiro atoms. The number of aliphatic hydroxyl groups excluding tert-OH is 10. The molecule has 0 unspecified atom stereocenters. The zero-order chi connectivity index (χ0) is 49.3. The van der Waals surface area contributed by atoms with E-state index in [2.05, 4.69) is 47.6 Å². The number of carbonyl (C=O) groups is 2. The summed E-state index contributed by atoms with van der Waals surface area (Å²) in [6, 6.07) is 0. The minimum absolute atomic E-state index is 0.00302. The molecule has 11 N–H and O–H groups in total. The molecule has 19 nitrogen and oxygen atoms in total. The number of rotatable bonds is 9. The molecule has 0 aromatic rings. The molecule has 0 radical (unpaired) electrons. The minimum Gasteiger partial charge on any atom is -0.479 e. The SMILES string of the molecule is C[C@@H]1O[C@@H](O[C@H]2[C@H](O[C@H]3[C@H](O[C@H]4CC[C@]5(C)[C@H]6CC=C7[C@@H]8CC(C)(C)C[C@H](O)[C@]8(C)C(=O)C[C@@]7(CO)[C@]6(C)CC[C@H]5C4(C)C)O[C@H](C(=O)O)[C@@H](O)[C@@H]3O)O[C@H](CO)[C@@H](O)[C@@H]2O)[C@H](O)[C@H](O)[C@H]1O. The molecule has 382 valence electrons. The van der Waals surface area contributed by atoms with E-state index in [1.807, 2.05) is 6.92 Å². The Kier molecular flexibility index (Phi) is 13.7. The van der Waals surface area contributed by atoms with E-state index in [-0.39, 0.29) is 47.4 Å². The number of fused-ring (bicyclic) bond motifs is 7. The van der Waals surface area contributed by atoms with Crippen LogP contribution in [-0.2, 0) is 38.0 Å². The van der Waals surface area contributed by atoms with Crippen LogP contribution < -0.4 is 0 Å². The topological polar surface area (TPSA) is 312 Å². The third kappa shape index (κ3) is 7.83. The van der Waals surface area contributed by atoms with Crippen molar-refractivity contribution in [2.45, 2.75) is 211 Å². The number of aliphatic carboxylic acids is 1. The van der Waals surface area contributed by atoms with E-state index in [4.69, 9.17) is 28.4 Å². The number of carbonyl (C=O) groups excluding carboxylic acids is 1. The predicted octanol–water partition coefficient (Wildman–Crippen LogP) is -0.116. The second-order valence-corrected chi connectivity index (χ2v) is 23.5. The maximum Gasteiger partial charge on any atom is 0.335 e. The van der Waals surface area contributed by atoms with Gasteiger partial charge in [0.15, 0.2) is 25.0 Å². The van der Waals surface area contributed by atoms with Crippen LogP contribution in [0.2, 0.25) is 0 Å². The van der Waals surface area contributed by atoms with Gasteiger partial charge in [-0.25, -0.2) is 4.79 Å². The molecule has 3 heterocycles. The van der Waals surface area contributed by atoms with Gasteiger partial charge in [0, 0.05) is 11.8 Å². The highest BCUT2D eigenvalue weighted by Crippen LogP contribution is 2.75. The number of allylic oxidation sites excluding steroid dienone is 1. The van der Waals surface area contributed by atoms with Crippen LogP contribution in [0.3, 0.4) is 0 Å². The molecule has 0 aromatic carbocycles. The van der Waals surface area contributed by atoms with Crippen LogP contribution >= 0.6 is 0 Å². The molecular formula is C48H76O19. The fourth-order valence-electron chi connectivity index (χ4n) is 15.0. The Morgan fingerprint density at radius 3 is 1.97 bits per heavy atom. The van der Waals surface area contributed by atoms with E-state index < -0.39 is 139 Å². The van der Waals surface area contributed by atoms with Crippen molar-refractivity contribution in [2.75, 3.05) is 13.2 Å². The van der Waals surface area contributed by atoms with Crippen molar-refractivity contribution in [1.29, 1.82) is 0 Å². The summed E-state index contributed by atoms with van der Waals surface area (Å²) in [6.07, 6.45) is -20.9. The van der Waals surface area contributed by atoms with Gasteiger partial charge in [-0.2, -0.15) is 0 Å². The van der Waals surface area contributed by atoms with Gasteiger partial charge in [0.25, 0.3) is 0 Å². The van der Waals surface area contributed by atoms with Crippen molar-refractivity contribution >= 4 is 11.8 Å². The van der Waals surface area contributed by atoms with Crippen LogP contribution in [-0.4, -0.2) is 185 Å². The third-order valence-electron chi connectivity index (χ3n) is 19.1. The Labute approximate surface area is 391 Å². The van der Waals surface area contributed by atoms with Crippen LogP contribution in [0.4, 0.5) is 0 Å². The number of Topliss-reactive ketones (excluding diaryl/α,β-unsaturated/α-hetero) is 1. The molecule has 0 bridgehead atoms. The maximum atomic E-state index is 14.5. The summed E-state index contributed by atoms with van der Waals surface area (Å²) in [5.74, 6) is -1.79. The van der Waals surface area contributed by atoms with Crippen LogP contribution in [0.5, 0.6) is 0 Å². The molecule has 19 heteroatoms. The number of carboxylic acid groups (broad SMARTS) is 1. The monoisotopic (exact) mass is 956 g/mol. The van der Waals surface area contributed by atoms with Gasteiger partial charge in [0.05, 0.1) is 36.9 Å². The minimum atomic E-state index is -2.07. The van der Waals surface area contributed by atoms with Crippen LogP contribution in [0.15, 0.2) is 11.6 Å². The van der Waals surface area contributed by atoms with Crippen molar-refractivity contribution in [3.05, 3.63) is 11.6 Å². The lowest BCUT2D eigenvalue weighted by molar-refractivity contribution is -0.395. The number of ether oxygens (including phenoxy) is 6. The molecule has 3 saturated heterocycles. The van der Waals surface area contributed by atoms with E-state index in [9.17, 15) is 65.8 Å². The Bertz CT molecular complexity index is 1900. The third-order valence-corrected chi connectivity index (χ3v) is 19.1. The lowest BCUT2D eigenvalue weighted by atomic mass is 9.33. The number of hydrogen-bond donors (Lipinski definition) is 11. The quantitative estimate of drug-likeness (QED) is 0.106. The van der Waals surface area contributed by atoms with Gasteiger partial charge < -0.3 is 84.6 Å². The summed E-state index contributed by atoms with van der Waals surface area (Å²) >= 11 is 0. The highest BCUT2D eigenvalue weighted by Gasteiger charge is 2.72. The first-order chi connectivity index (χ1) is 31.1. The van der Waals surface area contributed by atoms with E-state index in [1.54, 1.807) is 0 Å². The number of aliphatic hydroxyl groups is 10. The molecule has 0 aromatic heterocycles. The Balaban J connectivity index is 1.08. The van der Waals surface area contributed by atoms with Crippen molar-refractivity contribution in [3.63, 3.8) is 0 Å². The average Bonchev–Trinajstić information content (AvgIpc) is 3.25. The van der Waals surface area contributed by atoms with E-state index in [1.165, 1.54) is 6.92 Å². The number of ketones is 1. The molecule has 8 rings (SSSR count). The fourth-order valence-corrected chi connectivity index (χ4v) is 15.0. The van der Waals surface area contributed by atoms with Crippen LogP contribution in [0.25, 0.3) is 0 Å². The van der Waals surface area contributed by atoms with Gasteiger partial charge >= 0.3 is 5.97 Å². The Morgan fingerprint density at radius 1 is 0.716 bits per heavy atom. The van der Waals surface area contributed by atoms with E-state index in [0.29, 0.717) is 38.5 Å². The number of hydrogen-bond acceptors (Lipinski definition) is 18. The first-order valence-corrected chi connectivity index (χ1v) is 24.2. The molecule has 3 aliphatic heterocycles. The van der Waals surface area contributed by atoms with Gasteiger partial charge in [-0.05, 0) is 98.2 Å². The Hall–Kier alpha value is -1.76. The van der Waals surface area contributed by atoms with Gasteiger partial charge in [-0.15, -0.1) is 0 Å². The summed E-state index contributed by atoms with van der Waals surface area (Å²) < 4.78 is 36.2. The first-order valence-electron chi connectivity index (χ1n) is 24.2. The average molecular weight is 957 g/mol. The van der Waals surface area contributed by atoms with Crippen molar-refractivity contribution in [1.82, 2.24) is 0 Å². The maximum absolute atomic E-state index is 14.5. The Morgan fingerprint density at radius 2 is 1.34 bits per heavy atom. The van der Waals surface area contributed by atoms with Crippen molar-refractivity contribution in [2.24, 2.45) is 50.2 Å². The van der Waals surface area contributed by atoms with Crippen LogP contribution in [0, 0.1) is 50.2 Å². The smallest absolute Gasteiger partial charge is 0.335 e. The second-order valence-electron chi connectivity index (χ2n) is 23.5. The lowest BCUT2D eigenvalue weighted by Gasteiger charge is -2.71. The first kappa shape index (κ1) is 51.6. The molecule has 67 heavy (non-hydrogen) atoms. The lowest BCUT2D eigenvalue weighted by Crippen LogP contribution is -2.69. The van der Waals surface area contributed by atoms with Crippen molar-refractivity contribution in [3.8, 4) is 0 Å². The summed E-state index contributed by atoms with van der Waals surface area (Å²) in [4.78, 5) is 27.0. The normalized spacial score (nSPS) is 53.9. The molecule has 7 fully saturated rings. The van der Waals surface area contributed by atoms with E-state index in [0.717, 1.165) is 12.0 Å². The molecule has 5 aliphatic carbocycles. The molecule has 0 amide bonds. The largest absolute Gasteiger partial charge is 0.479 e. The summed E-state index contributed by atoms with van der Waals surface area (Å²) in [7, 11) is 0. The summed E-state index contributed by atoms with van der Waals surface area (Å²) in [5, 5.41) is 120. The molecule has 8 aliphatic rings. The van der Waals surface area contributed by atoms with Gasteiger partial charge in [-0.3, -0.25) is 4.79 Å². The van der Waals surface area contributed by atoms with Crippen LogP contribution in [0.1, 0.15) is 107 Å². The standard InChI is InChI=1S/C48H76O19/c1-20-29(53)31(55)35(59)40(62-20)66-37-32(56)30(54)23(18-49)63-41(37)67-38-34(58)33(57)36(39(60)61)65-42(38)64-28-12-13-45(6)24(44(28,4)5)11-14-46(7)25(45)10-9-21-22-15-43(2,3)16-26(51)47(22,8)27(52)17-48(21,46)19-50/h9,20,22-26,28-38,40-42,49-51,53-59H,10-19H2,1-8H3,(H,60,61)/t20-,22-,23+,24-,25+,26-,28-,29-,30+,31+,32-,33-,34-,35+,36-,37+,38+,40-,41-,42+,45-,46+,47+,48-/m0/s1. The highest BCUT2D eigenvalue weighted by molar-refractivity contribution is 5.89. The van der Waals surface area contributed by atoms with Gasteiger partial charge in [0.1, 0.15) is 66.8 Å². The zero-order valence-electron chi connectivity index (χ0n) is 39.9. The zero-order valence-corrected chi connectivity index (χ0v) is 39.9. The molecule has 24 atom stereocenters. The van der Waals surface area contributed by atoms with Gasteiger partial charge in [-0.1, -0.05) is 53.2 Å².